The van der Waals surface area contributed by atoms with Crippen molar-refractivity contribution in [2.45, 2.75) is 12.0 Å². The lowest BCUT2D eigenvalue weighted by atomic mass is 9.86. The fraction of sp³-hybridized carbons (Fsp3) is 0.125. The Morgan fingerprint density at radius 3 is 2.70 bits per heavy atom. The number of nitrogens with zero attached hydrogens (tertiary/aromatic N) is 1. The SMILES string of the molecule is COc1c([C@H]2c3ccccc3O[C@@H]2c2cc(=O)c3c(C(N)=O)nccc3[nH]2)ccc(F)c1F. The molecule has 5 rings (SSSR count). The molecule has 0 bridgehead atoms. The third kappa shape index (κ3) is 3.20. The van der Waals surface area contributed by atoms with Crippen molar-refractivity contribution in [2.24, 2.45) is 5.73 Å². The van der Waals surface area contributed by atoms with E-state index in [1.54, 1.807) is 24.3 Å². The first kappa shape index (κ1) is 20.6. The molecule has 7 nitrogen and oxygen atoms in total. The van der Waals surface area contributed by atoms with E-state index in [-0.39, 0.29) is 16.8 Å². The standard InChI is InChI=1S/C24H17F2N3O4/c1-32-22-12(6-7-13(25)20(22)26)18-11-4-2-3-5-17(11)33-23(18)15-10-16(30)19-14(29-15)8-9-28-21(19)24(27)31/h2-10,18,23H,1H3,(H2,27,31)(H,29,30)/t18-,23-/m1/s1. The maximum Gasteiger partial charge on any atom is 0.268 e. The molecule has 2 aromatic carbocycles. The van der Waals surface area contributed by atoms with Gasteiger partial charge in [-0.25, -0.2) is 4.39 Å². The van der Waals surface area contributed by atoms with Crippen LogP contribution < -0.4 is 20.6 Å². The highest BCUT2D eigenvalue weighted by atomic mass is 19.2. The molecule has 3 N–H and O–H groups in total. The molecule has 0 fully saturated rings. The third-order valence-electron chi connectivity index (χ3n) is 5.73. The second-order valence-electron chi connectivity index (χ2n) is 7.57. The summed E-state index contributed by atoms with van der Waals surface area (Å²) in [5, 5.41) is 0.0613. The Kier molecular flexibility index (Phi) is 4.81. The van der Waals surface area contributed by atoms with Crippen LogP contribution >= 0.6 is 0 Å². The van der Waals surface area contributed by atoms with Crippen LogP contribution in [0.2, 0.25) is 0 Å². The maximum atomic E-state index is 14.6. The lowest BCUT2D eigenvalue weighted by molar-refractivity contribution is 0.0997. The van der Waals surface area contributed by atoms with Gasteiger partial charge in [-0.2, -0.15) is 4.39 Å². The molecule has 4 aromatic rings. The van der Waals surface area contributed by atoms with Crippen LogP contribution in [-0.2, 0) is 0 Å². The van der Waals surface area contributed by atoms with Crippen LogP contribution in [0.5, 0.6) is 11.5 Å². The number of aromatic amines is 1. The monoisotopic (exact) mass is 449 g/mol. The first-order chi connectivity index (χ1) is 15.9. The van der Waals surface area contributed by atoms with Gasteiger partial charge in [0.25, 0.3) is 5.91 Å². The summed E-state index contributed by atoms with van der Waals surface area (Å²) >= 11 is 0. The minimum absolute atomic E-state index is 0.0613. The molecule has 0 spiro atoms. The van der Waals surface area contributed by atoms with Gasteiger partial charge in [0.2, 0.25) is 5.82 Å². The lowest BCUT2D eigenvalue weighted by Gasteiger charge is -2.22. The molecule has 0 saturated carbocycles. The van der Waals surface area contributed by atoms with E-state index >= 15 is 0 Å². The van der Waals surface area contributed by atoms with Crippen LogP contribution in [-0.4, -0.2) is 23.0 Å². The number of hydrogen-bond acceptors (Lipinski definition) is 5. The molecule has 1 aliphatic rings. The minimum Gasteiger partial charge on any atom is -0.493 e. The molecule has 9 heteroatoms. The molecular weight excluding hydrogens is 432 g/mol. The van der Waals surface area contributed by atoms with Crippen LogP contribution in [0.15, 0.2) is 59.5 Å². The fourth-order valence-corrected chi connectivity index (χ4v) is 4.35. The van der Waals surface area contributed by atoms with Crippen LogP contribution in [0.25, 0.3) is 10.9 Å². The molecule has 2 atom stereocenters. The molecule has 0 aliphatic carbocycles. The van der Waals surface area contributed by atoms with E-state index in [1.165, 1.54) is 25.4 Å². The Bertz CT molecular complexity index is 1480. The number of aromatic nitrogens is 2. The van der Waals surface area contributed by atoms with Crippen LogP contribution in [0.1, 0.15) is 39.3 Å². The molecule has 33 heavy (non-hydrogen) atoms. The number of nitrogens with one attached hydrogen (secondary N) is 1. The molecule has 166 valence electrons. The smallest absolute Gasteiger partial charge is 0.268 e. The average Bonchev–Trinajstić information content (AvgIpc) is 3.19. The summed E-state index contributed by atoms with van der Waals surface area (Å²) in [7, 11) is 1.26. The number of hydrogen-bond donors (Lipinski definition) is 2. The molecule has 0 radical (unpaired) electrons. The molecule has 0 unspecified atom stereocenters. The predicted molar refractivity (Wildman–Crippen MR) is 115 cm³/mol. The van der Waals surface area contributed by atoms with Crippen molar-refractivity contribution >= 4 is 16.8 Å². The molecular formula is C24H17F2N3O4. The van der Waals surface area contributed by atoms with Crippen molar-refractivity contribution in [3.8, 4) is 11.5 Å². The van der Waals surface area contributed by atoms with Gasteiger partial charge in [0, 0.05) is 23.4 Å². The second kappa shape index (κ2) is 7.70. The summed E-state index contributed by atoms with van der Waals surface area (Å²) in [5.74, 6) is -3.29. The van der Waals surface area contributed by atoms with Crippen LogP contribution in [0.3, 0.4) is 0 Å². The number of carbonyl (C=O) groups excluding carboxylic acids is 1. The van der Waals surface area contributed by atoms with Crippen LogP contribution in [0.4, 0.5) is 8.78 Å². The summed E-state index contributed by atoms with van der Waals surface area (Å²) in [4.78, 5) is 31.7. The number of primary amides is 1. The zero-order valence-electron chi connectivity index (χ0n) is 17.3. The minimum atomic E-state index is -1.11. The topological polar surface area (TPSA) is 107 Å². The molecule has 3 heterocycles. The molecule has 1 aliphatic heterocycles. The van der Waals surface area contributed by atoms with Gasteiger partial charge in [-0.3, -0.25) is 14.6 Å². The van der Waals surface area contributed by atoms with Gasteiger partial charge in [0.05, 0.1) is 29.6 Å². The number of rotatable bonds is 4. The van der Waals surface area contributed by atoms with Gasteiger partial charge in [0.1, 0.15) is 17.5 Å². The van der Waals surface area contributed by atoms with Gasteiger partial charge in [-0.1, -0.05) is 24.3 Å². The summed E-state index contributed by atoms with van der Waals surface area (Å²) in [5.41, 5.74) is 6.55. The van der Waals surface area contributed by atoms with Gasteiger partial charge in [0.15, 0.2) is 17.0 Å². The maximum absolute atomic E-state index is 14.6. The highest BCUT2D eigenvalue weighted by Crippen LogP contribution is 2.51. The zero-order valence-corrected chi connectivity index (χ0v) is 17.3. The average molecular weight is 449 g/mol. The Balaban J connectivity index is 1.73. The Morgan fingerprint density at radius 1 is 1.15 bits per heavy atom. The van der Waals surface area contributed by atoms with E-state index in [0.717, 1.165) is 11.6 Å². The largest absolute Gasteiger partial charge is 0.493 e. The number of para-hydroxylation sites is 1. The number of nitrogens with two attached hydrogens (primary N) is 1. The number of benzene rings is 2. The van der Waals surface area contributed by atoms with Crippen molar-refractivity contribution in [2.75, 3.05) is 7.11 Å². The predicted octanol–water partition coefficient (Wildman–Crippen LogP) is 3.57. The van der Waals surface area contributed by atoms with E-state index < -0.39 is 35.0 Å². The second-order valence-corrected chi connectivity index (χ2v) is 7.57. The quantitative estimate of drug-likeness (QED) is 0.495. The first-order valence-corrected chi connectivity index (χ1v) is 10.00. The van der Waals surface area contributed by atoms with Crippen molar-refractivity contribution in [3.63, 3.8) is 0 Å². The van der Waals surface area contributed by atoms with Crippen molar-refractivity contribution in [1.82, 2.24) is 9.97 Å². The number of methoxy groups -OCH3 is 1. The summed E-state index contributed by atoms with van der Waals surface area (Å²) in [6, 6.07) is 12.5. The fourth-order valence-electron chi connectivity index (χ4n) is 4.35. The molecule has 2 aromatic heterocycles. The molecule has 0 saturated heterocycles. The van der Waals surface area contributed by atoms with Gasteiger partial charge in [-0.05, 0) is 18.2 Å². The number of amides is 1. The van der Waals surface area contributed by atoms with E-state index in [1.807, 2.05) is 6.07 Å². The summed E-state index contributed by atoms with van der Waals surface area (Å²) in [6.45, 7) is 0. The third-order valence-corrected chi connectivity index (χ3v) is 5.73. The van der Waals surface area contributed by atoms with E-state index in [9.17, 15) is 18.4 Å². The first-order valence-electron chi connectivity index (χ1n) is 10.00. The summed E-state index contributed by atoms with van der Waals surface area (Å²) < 4.78 is 39.8. The van der Waals surface area contributed by atoms with E-state index in [4.69, 9.17) is 15.2 Å². The zero-order chi connectivity index (χ0) is 23.3. The number of fused-ring (bicyclic) bond motifs is 2. The highest BCUT2D eigenvalue weighted by Gasteiger charge is 2.40. The normalized spacial score (nSPS) is 16.9. The van der Waals surface area contributed by atoms with E-state index in [0.29, 0.717) is 22.5 Å². The number of ether oxygens (including phenoxy) is 2. The Hall–Kier alpha value is -4.27. The number of H-pyrrole nitrogens is 1. The van der Waals surface area contributed by atoms with Gasteiger partial charge >= 0.3 is 0 Å². The van der Waals surface area contributed by atoms with Crippen molar-refractivity contribution in [1.29, 1.82) is 0 Å². The van der Waals surface area contributed by atoms with Gasteiger partial charge < -0.3 is 20.2 Å². The highest BCUT2D eigenvalue weighted by molar-refractivity contribution is 6.03. The van der Waals surface area contributed by atoms with Crippen molar-refractivity contribution < 1.29 is 23.0 Å². The van der Waals surface area contributed by atoms with Crippen LogP contribution in [0, 0.1) is 11.6 Å². The number of pyridine rings is 2. The Morgan fingerprint density at radius 2 is 1.94 bits per heavy atom. The van der Waals surface area contributed by atoms with E-state index in [2.05, 4.69) is 9.97 Å². The molecule has 1 amide bonds. The van der Waals surface area contributed by atoms with Crippen molar-refractivity contribution in [3.05, 3.63) is 99.1 Å². The Labute approximate surface area is 185 Å². The number of halogens is 2. The number of carbonyl (C=O) groups is 1. The van der Waals surface area contributed by atoms with Gasteiger partial charge in [-0.15, -0.1) is 0 Å². The summed E-state index contributed by atoms with van der Waals surface area (Å²) in [6.07, 6.45) is 0.575. The lowest BCUT2D eigenvalue weighted by Crippen LogP contribution is -2.20.